The van der Waals surface area contributed by atoms with E-state index in [1.54, 1.807) is 10.7 Å². The average Bonchev–Trinajstić information content (AvgIpc) is 2.71. The van der Waals surface area contributed by atoms with Crippen molar-refractivity contribution in [2.75, 3.05) is 5.75 Å². The Bertz CT molecular complexity index is 615. The molecule has 0 amide bonds. The molecule has 0 aromatic carbocycles. The number of aromatic nitrogens is 3. The molecule has 0 radical (unpaired) electrons. The molecule has 90 valence electrons. The highest BCUT2D eigenvalue weighted by Gasteiger charge is 2.33. The Morgan fingerprint density at radius 3 is 2.94 bits per heavy atom. The lowest BCUT2D eigenvalue weighted by Crippen LogP contribution is -2.22. The van der Waals surface area contributed by atoms with Crippen LogP contribution in [-0.2, 0) is 9.84 Å². The second kappa shape index (κ2) is 3.80. The molecule has 0 aliphatic carbocycles. The van der Waals surface area contributed by atoms with E-state index in [2.05, 4.69) is 10.1 Å². The Kier molecular flexibility index (Phi) is 2.39. The topological polar surface area (TPSA) is 64.3 Å². The van der Waals surface area contributed by atoms with Crippen LogP contribution in [0.4, 0.5) is 0 Å². The van der Waals surface area contributed by atoms with Crippen LogP contribution in [0.25, 0.3) is 5.65 Å². The van der Waals surface area contributed by atoms with Gasteiger partial charge in [0.15, 0.2) is 21.3 Å². The van der Waals surface area contributed by atoms with Gasteiger partial charge in [-0.25, -0.2) is 17.9 Å². The highest BCUT2D eigenvalue weighted by atomic mass is 32.2. The van der Waals surface area contributed by atoms with Crippen molar-refractivity contribution in [1.82, 2.24) is 14.6 Å². The Labute approximate surface area is 99.4 Å². The van der Waals surface area contributed by atoms with Gasteiger partial charge in [0.1, 0.15) is 5.25 Å². The van der Waals surface area contributed by atoms with E-state index in [-0.39, 0.29) is 5.75 Å². The molecule has 0 saturated carbocycles. The fourth-order valence-electron chi connectivity index (χ4n) is 2.23. The number of nitrogens with zero attached hydrogens (tertiary/aromatic N) is 3. The second-order valence-corrected chi connectivity index (χ2v) is 6.63. The van der Waals surface area contributed by atoms with Gasteiger partial charge in [-0.1, -0.05) is 12.5 Å². The fraction of sp³-hybridized carbons (Fsp3) is 0.455. The summed E-state index contributed by atoms with van der Waals surface area (Å²) in [5.41, 5.74) is 0.697. The van der Waals surface area contributed by atoms with Crippen LogP contribution in [0.5, 0.6) is 0 Å². The molecular formula is C11H13N3O2S. The van der Waals surface area contributed by atoms with E-state index in [1.165, 1.54) is 0 Å². The molecule has 3 rings (SSSR count). The van der Waals surface area contributed by atoms with Gasteiger partial charge in [0.05, 0.1) is 5.75 Å². The Morgan fingerprint density at radius 1 is 1.29 bits per heavy atom. The number of pyridine rings is 1. The van der Waals surface area contributed by atoms with E-state index in [1.807, 2.05) is 18.2 Å². The molecule has 2 aromatic heterocycles. The summed E-state index contributed by atoms with van der Waals surface area (Å²) in [6.07, 6.45) is 4.10. The molecule has 0 N–H and O–H groups in total. The molecule has 1 aliphatic heterocycles. The summed E-state index contributed by atoms with van der Waals surface area (Å²) in [6, 6.07) is 5.54. The summed E-state index contributed by atoms with van der Waals surface area (Å²) >= 11 is 0. The lowest BCUT2D eigenvalue weighted by molar-refractivity contribution is 0.538. The molecule has 5 nitrogen and oxygen atoms in total. The van der Waals surface area contributed by atoms with Gasteiger partial charge in [0.25, 0.3) is 0 Å². The molecule has 2 aromatic rings. The van der Waals surface area contributed by atoms with Crippen LogP contribution >= 0.6 is 0 Å². The maximum Gasteiger partial charge on any atom is 0.169 e. The summed E-state index contributed by atoms with van der Waals surface area (Å²) in [6.45, 7) is 0. The van der Waals surface area contributed by atoms with E-state index >= 15 is 0 Å². The third kappa shape index (κ3) is 1.82. The first-order chi connectivity index (χ1) is 8.17. The van der Waals surface area contributed by atoms with Crippen molar-refractivity contribution in [2.24, 2.45) is 0 Å². The molecular weight excluding hydrogens is 238 g/mol. The maximum atomic E-state index is 12.0. The monoisotopic (exact) mass is 251 g/mol. The normalized spacial score (nSPS) is 23.9. The van der Waals surface area contributed by atoms with E-state index < -0.39 is 15.1 Å². The predicted octanol–water partition coefficient (Wildman–Crippen LogP) is 1.37. The number of fused-ring (bicyclic) bond motifs is 1. The lowest BCUT2D eigenvalue weighted by Gasteiger charge is -2.19. The van der Waals surface area contributed by atoms with Crippen LogP contribution in [0.3, 0.4) is 0 Å². The first-order valence-corrected chi connectivity index (χ1v) is 7.41. The Balaban J connectivity index is 2.08. The summed E-state index contributed by atoms with van der Waals surface area (Å²) in [5.74, 6) is 0.698. The van der Waals surface area contributed by atoms with Crippen LogP contribution in [0.15, 0.2) is 24.4 Å². The lowest BCUT2D eigenvalue weighted by atomic mass is 10.2. The van der Waals surface area contributed by atoms with Crippen LogP contribution < -0.4 is 0 Å². The first kappa shape index (κ1) is 10.7. The predicted molar refractivity (Wildman–Crippen MR) is 63.4 cm³/mol. The molecule has 1 fully saturated rings. The van der Waals surface area contributed by atoms with E-state index in [9.17, 15) is 8.42 Å². The zero-order valence-electron chi connectivity index (χ0n) is 9.28. The van der Waals surface area contributed by atoms with Gasteiger partial charge < -0.3 is 0 Å². The number of hydrogen-bond donors (Lipinski definition) is 0. The minimum Gasteiger partial charge on any atom is -0.228 e. The molecule has 1 unspecified atom stereocenters. The van der Waals surface area contributed by atoms with Gasteiger partial charge >= 0.3 is 0 Å². The zero-order valence-corrected chi connectivity index (χ0v) is 10.1. The number of hydrogen-bond acceptors (Lipinski definition) is 4. The molecule has 6 heteroatoms. The van der Waals surface area contributed by atoms with Gasteiger partial charge in [-0.05, 0) is 25.0 Å². The molecule has 1 atom stereocenters. The van der Waals surface area contributed by atoms with E-state index in [0.29, 0.717) is 17.9 Å². The molecule has 0 bridgehead atoms. The Hall–Kier alpha value is -1.43. The molecule has 0 spiro atoms. The van der Waals surface area contributed by atoms with Gasteiger partial charge in [0.2, 0.25) is 0 Å². The van der Waals surface area contributed by atoms with Crippen molar-refractivity contribution in [1.29, 1.82) is 0 Å². The van der Waals surface area contributed by atoms with Crippen LogP contribution in [0.2, 0.25) is 0 Å². The van der Waals surface area contributed by atoms with Crippen molar-refractivity contribution in [3.05, 3.63) is 30.2 Å². The number of sulfone groups is 1. The summed E-state index contributed by atoms with van der Waals surface area (Å²) in [5, 5.41) is 3.74. The first-order valence-electron chi connectivity index (χ1n) is 5.70. The van der Waals surface area contributed by atoms with Gasteiger partial charge in [-0.2, -0.15) is 0 Å². The van der Waals surface area contributed by atoms with Crippen LogP contribution in [0.1, 0.15) is 30.3 Å². The number of rotatable bonds is 1. The highest BCUT2D eigenvalue weighted by Crippen LogP contribution is 2.31. The van der Waals surface area contributed by atoms with Crippen LogP contribution in [-0.4, -0.2) is 28.8 Å². The zero-order chi connectivity index (χ0) is 11.9. The minimum absolute atomic E-state index is 0.257. The van der Waals surface area contributed by atoms with Crippen molar-refractivity contribution in [2.45, 2.75) is 24.5 Å². The van der Waals surface area contributed by atoms with Gasteiger partial charge in [-0.3, -0.25) is 0 Å². The smallest absolute Gasteiger partial charge is 0.169 e. The quantitative estimate of drug-likeness (QED) is 0.768. The molecule has 3 heterocycles. The molecule has 17 heavy (non-hydrogen) atoms. The van der Waals surface area contributed by atoms with Gasteiger partial charge in [0, 0.05) is 6.20 Å². The van der Waals surface area contributed by atoms with Crippen molar-refractivity contribution < 1.29 is 8.42 Å². The molecule has 1 aliphatic rings. The second-order valence-electron chi connectivity index (χ2n) is 4.32. The van der Waals surface area contributed by atoms with E-state index in [4.69, 9.17) is 0 Å². The van der Waals surface area contributed by atoms with Crippen molar-refractivity contribution in [3.8, 4) is 0 Å². The van der Waals surface area contributed by atoms with E-state index in [0.717, 1.165) is 12.8 Å². The Morgan fingerprint density at radius 2 is 2.18 bits per heavy atom. The minimum atomic E-state index is -3.06. The SMILES string of the molecule is O=S1(=O)CCCCC1c1nc2ccccn2n1. The maximum absolute atomic E-state index is 12.0. The standard InChI is InChI=1S/C11H13N3O2S/c15-17(16)8-4-2-5-9(17)11-12-10-6-1-3-7-14(10)13-11/h1,3,6-7,9H,2,4-5,8H2. The third-order valence-corrected chi connectivity index (χ3v) is 5.30. The van der Waals surface area contributed by atoms with Crippen molar-refractivity contribution >= 4 is 15.5 Å². The third-order valence-electron chi connectivity index (χ3n) is 3.12. The highest BCUT2D eigenvalue weighted by molar-refractivity contribution is 7.91. The van der Waals surface area contributed by atoms with Crippen LogP contribution in [0, 0.1) is 0 Å². The molecule has 1 saturated heterocycles. The summed E-state index contributed by atoms with van der Waals surface area (Å²) in [7, 11) is -3.06. The average molecular weight is 251 g/mol. The summed E-state index contributed by atoms with van der Waals surface area (Å²) in [4.78, 5) is 4.30. The van der Waals surface area contributed by atoms with Gasteiger partial charge in [-0.15, -0.1) is 5.10 Å². The largest absolute Gasteiger partial charge is 0.228 e. The van der Waals surface area contributed by atoms with Crippen molar-refractivity contribution in [3.63, 3.8) is 0 Å². The summed E-state index contributed by atoms with van der Waals surface area (Å²) < 4.78 is 25.6. The fourth-order valence-corrected chi connectivity index (χ4v) is 4.07.